The lowest BCUT2D eigenvalue weighted by molar-refractivity contribution is 0.473. The van der Waals surface area contributed by atoms with Crippen LogP contribution in [-0.2, 0) is 0 Å². The molecule has 0 aromatic heterocycles. The van der Waals surface area contributed by atoms with Gasteiger partial charge in [-0.15, -0.1) is 0 Å². The summed E-state index contributed by atoms with van der Waals surface area (Å²) in [5.74, 6) is 1.15. The van der Waals surface area contributed by atoms with Crippen molar-refractivity contribution >= 4 is 0 Å². The summed E-state index contributed by atoms with van der Waals surface area (Å²) in [6.07, 6.45) is 5.38. The van der Waals surface area contributed by atoms with Crippen molar-refractivity contribution < 1.29 is 5.11 Å². The van der Waals surface area contributed by atoms with E-state index in [1.54, 1.807) is 0 Å². The zero-order valence-electron chi connectivity index (χ0n) is 9.01. The van der Waals surface area contributed by atoms with Crippen LogP contribution in [0.5, 0.6) is 5.75 Å². The van der Waals surface area contributed by atoms with Gasteiger partial charge in [0.15, 0.2) is 0 Å². The fourth-order valence-corrected chi connectivity index (χ4v) is 2.81. The fraction of sp³-hybridized carbons (Fsp3) is 0.538. The van der Waals surface area contributed by atoms with Gasteiger partial charge in [0.05, 0.1) is 0 Å². The minimum atomic E-state index is 0.404. The number of phenolic OH excluding ortho intramolecular Hbond substituents is 1. The Kier molecular flexibility index (Phi) is 2.49. The molecule has 1 aliphatic carbocycles. The molecular formula is C13H18O. The van der Waals surface area contributed by atoms with Gasteiger partial charge in [-0.25, -0.2) is 0 Å². The molecule has 1 aliphatic rings. The summed E-state index contributed by atoms with van der Waals surface area (Å²) in [7, 11) is 0. The van der Waals surface area contributed by atoms with Gasteiger partial charge >= 0.3 is 0 Å². The van der Waals surface area contributed by atoms with E-state index in [1.807, 2.05) is 12.1 Å². The number of benzene rings is 1. The van der Waals surface area contributed by atoms with Gasteiger partial charge in [0.2, 0.25) is 0 Å². The van der Waals surface area contributed by atoms with Gasteiger partial charge in [0, 0.05) is 0 Å². The molecule has 1 saturated carbocycles. The van der Waals surface area contributed by atoms with Crippen LogP contribution in [0.4, 0.5) is 0 Å². The molecule has 0 bridgehead atoms. The fourth-order valence-electron chi connectivity index (χ4n) is 2.81. The van der Waals surface area contributed by atoms with Gasteiger partial charge in [0.1, 0.15) is 5.75 Å². The number of aromatic hydroxyl groups is 1. The molecule has 76 valence electrons. The van der Waals surface area contributed by atoms with Gasteiger partial charge in [-0.2, -0.15) is 0 Å². The minimum Gasteiger partial charge on any atom is -0.508 e. The molecule has 1 aromatic carbocycles. The second kappa shape index (κ2) is 3.64. The molecule has 2 rings (SSSR count). The molecule has 1 nitrogen and oxygen atoms in total. The Hall–Kier alpha value is -0.980. The lowest BCUT2D eigenvalue weighted by Crippen LogP contribution is -1.99. The van der Waals surface area contributed by atoms with Gasteiger partial charge in [0.25, 0.3) is 0 Å². The average Bonchev–Trinajstić information content (AvgIpc) is 2.54. The van der Waals surface area contributed by atoms with Crippen LogP contribution >= 0.6 is 0 Å². The Morgan fingerprint density at radius 2 is 1.57 bits per heavy atom. The average molecular weight is 190 g/mol. The second-order valence-electron chi connectivity index (χ2n) is 4.47. The Balaban J connectivity index is 2.40. The van der Waals surface area contributed by atoms with E-state index in [-0.39, 0.29) is 0 Å². The quantitative estimate of drug-likeness (QED) is 0.716. The van der Waals surface area contributed by atoms with Gasteiger partial charge in [-0.05, 0) is 61.4 Å². The number of hydrogen-bond donors (Lipinski definition) is 1. The maximum atomic E-state index is 9.46. The summed E-state index contributed by atoms with van der Waals surface area (Å²) in [6, 6.07) is 3.78. The van der Waals surface area contributed by atoms with Crippen LogP contribution in [0.15, 0.2) is 12.1 Å². The van der Waals surface area contributed by atoms with Crippen LogP contribution in [-0.4, -0.2) is 5.11 Å². The summed E-state index contributed by atoms with van der Waals surface area (Å²) in [5, 5.41) is 9.46. The number of rotatable bonds is 1. The van der Waals surface area contributed by atoms with E-state index in [0.29, 0.717) is 5.75 Å². The number of aryl methyl sites for hydroxylation is 2. The largest absolute Gasteiger partial charge is 0.508 e. The molecule has 0 amide bonds. The van der Waals surface area contributed by atoms with Crippen molar-refractivity contribution in [1.82, 2.24) is 0 Å². The van der Waals surface area contributed by atoms with E-state index in [9.17, 15) is 5.11 Å². The third-order valence-corrected chi connectivity index (χ3v) is 3.34. The van der Waals surface area contributed by atoms with Crippen LogP contribution in [0.25, 0.3) is 0 Å². The predicted octanol–water partition coefficient (Wildman–Crippen LogP) is 3.67. The third-order valence-electron chi connectivity index (χ3n) is 3.34. The molecule has 0 radical (unpaired) electrons. The lowest BCUT2D eigenvalue weighted by atomic mass is 9.89. The van der Waals surface area contributed by atoms with Gasteiger partial charge in [-0.3, -0.25) is 0 Å². The zero-order valence-corrected chi connectivity index (χ0v) is 9.01. The zero-order chi connectivity index (χ0) is 10.1. The first-order valence-electron chi connectivity index (χ1n) is 5.48. The smallest absolute Gasteiger partial charge is 0.116 e. The van der Waals surface area contributed by atoms with E-state index in [0.717, 1.165) is 5.92 Å². The van der Waals surface area contributed by atoms with E-state index >= 15 is 0 Å². The van der Waals surface area contributed by atoms with Gasteiger partial charge < -0.3 is 5.11 Å². The van der Waals surface area contributed by atoms with E-state index in [2.05, 4.69) is 13.8 Å². The highest BCUT2D eigenvalue weighted by molar-refractivity contribution is 5.42. The molecule has 0 aliphatic heterocycles. The van der Waals surface area contributed by atoms with Crippen molar-refractivity contribution in [2.45, 2.75) is 45.4 Å². The molecule has 14 heavy (non-hydrogen) atoms. The van der Waals surface area contributed by atoms with Crippen molar-refractivity contribution in [1.29, 1.82) is 0 Å². The molecule has 1 N–H and O–H groups in total. The first-order valence-corrected chi connectivity index (χ1v) is 5.48. The van der Waals surface area contributed by atoms with E-state index < -0.39 is 0 Å². The first-order chi connectivity index (χ1) is 6.68. The molecule has 0 heterocycles. The van der Waals surface area contributed by atoms with E-state index in [4.69, 9.17) is 0 Å². The van der Waals surface area contributed by atoms with Crippen molar-refractivity contribution in [3.63, 3.8) is 0 Å². The monoisotopic (exact) mass is 190 g/mol. The Labute approximate surface area is 85.8 Å². The molecule has 0 atom stereocenters. The summed E-state index contributed by atoms with van der Waals surface area (Å²) < 4.78 is 0. The summed E-state index contributed by atoms with van der Waals surface area (Å²) >= 11 is 0. The highest BCUT2D eigenvalue weighted by Gasteiger charge is 2.20. The van der Waals surface area contributed by atoms with Crippen molar-refractivity contribution in [3.05, 3.63) is 28.8 Å². The van der Waals surface area contributed by atoms with Crippen LogP contribution in [0.3, 0.4) is 0 Å². The van der Waals surface area contributed by atoms with Crippen LogP contribution < -0.4 is 0 Å². The normalized spacial score (nSPS) is 17.6. The molecule has 1 heteroatoms. The predicted molar refractivity (Wildman–Crippen MR) is 58.8 cm³/mol. The minimum absolute atomic E-state index is 0.404. The molecule has 1 aromatic rings. The van der Waals surface area contributed by atoms with Crippen LogP contribution in [0.1, 0.15) is 48.3 Å². The highest BCUT2D eigenvalue weighted by Crippen LogP contribution is 2.38. The van der Waals surface area contributed by atoms with Crippen LogP contribution in [0, 0.1) is 13.8 Å². The molecule has 0 spiro atoms. The maximum absolute atomic E-state index is 9.46. The molecule has 0 unspecified atom stereocenters. The molecular weight excluding hydrogens is 172 g/mol. The summed E-state index contributed by atoms with van der Waals surface area (Å²) in [5.41, 5.74) is 4.00. The van der Waals surface area contributed by atoms with Crippen molar-refractivity contribution in [2.24, 2.45) is 0 Å². The number of hydrogen-bond acceptors (Lipinski definition) is 1. The topological polar surface area (TPSA) is 20.2 Å². The van der Waals surface area contributed by atoms with Gasteiger partial charge in [-0.1, -0.05) is 12.8 Å². The molecule has 1 fully saturated rings. The van der Waals surface area contributed by atoms with Crippen LogP contribution in [0.2, 0.25) is 0 Å². The lowest BCUT2D eigenvalue weighted by Gasteiger charge is -2.16. The second-order valence-corrected chi connectivity index (χ2v) is 4.47. The third kappa shape index (κ3) is 1.63. The Bertz CT molecular complexity index is 312. The standard InChI is InChI=1S/C13H18O/c1-9-7-12(14)8-10(2)13(9)11-5-3-4-6-11/h7-8,11,14H,3-6H2,1-2H3. The maximum Gasteiger partial charge on any atom is 0.116 e. The Morgan fingerprint density at radius 1 is 1.07 bits per heavy atom. The Morgan fingerprint density at radius 3 is 2.07 bits per heavy atom. The SMILES string of the molecule is Cc1cc(O)cc(C)c1C1CCCC1. The summed E-state index contributed by atoms with van der Waals surface area (Å²) in [4.78, 5) is 0. The molecule has 0 saturated heterocycles. The van der Waals surface area contributed by atoms with Crippen molar-refractivity contribution in [2.75, 3.05) is 0 Å². The number of phenols is 1. The first kappa shape index (κ1) is 9.57. The summed E-state index contributed by atoms with van der Waals surface area (Å²) in [6.45, 7) is 4.22. The van der Waals surface area contributed by atoms with Crippen molar-refractivity contribution in [3.8, 4) is 5.75 Å². The highest BCUT2D eigenvalue weighted by atomic mass is 16.3. The van der Waals surface area contributed by atoms with E-state index in [1.165, 1.54) is 42.4 Å².